The molecule has 7 nitrogen and oxygen atoms in total. The fourth-order valence-corrected chi connectivity index (χ4v) is 2.67. The van der Waals surface area contributed by atoms with Gasteiger partial charge in [0.05, 0.1) is 5.39 Å². The average Bonchev–Trinajstić information content (AvgIpc) is 2.68. The second-order valence-electron chi connectivity index (χ2n) is 3.38. The molecule has 86 valence electrons. The van der Waals surface area contributed by atoms with Gasteiger partial charge in [0.2, 0.25) is 5.95 Å². The van der Waals surface area contributed by atoms with Gasteiger partial charge in [0.25, 0.3) is 5.56 Å². The molecule has 0 unspecified atom stereocenters. The first-order chi connectivity index (χ1) is 8.20. The Balaban J connectivity index is 2.62. The van der Waals surface area contributed by atoms with Crippen molar-refractivity contribution in [2.45, 2.75) is 0 Å². The fourth-order valence-electron chi connectivity index (χ4n) is 1.69. The maximum absolute atomic E-state index is 11.7. The van der Waals surface area contributed by atoms with Gasteiger partial charge in [0.15, 0.2) is 0 Å². The summed E-state index contributed by atoms with van der Waals surface area (Å²) in [7, 11) is 1.75. The monoisotopic (exact) mass is 248 g/mol. The topological polar surface area (TPSA) is 110 Å². The molecule has 3 heterocycles. The molecule has 0 atom stereocenters. The van der Waals surface area contributed by atoms with E-state index >= 15 is 0 Å². The number of anilines is 2. The highest BCUT2D eigenvalue weighted by Crippen LogP contribution is 2.32. The maximum Gasteiger partial charge on any atom is 0.270 e. The van der Waals surface area contributed by atoms with Crippen LogP contribution in [-0.2, 0) is 0 Å². The van der Waals surface area contributed by atoms with E-state index in [2.05, 4.69) is 25.3 Å². The summed E-state index contributed by atoms with van der Waals surface area (Å²) in [4.78, 5) is 27.3. The Morgan fingerprint density at radius 2 is 2.29 bits per heavy atom. The van der Waals surface area contributed by atoms with E-state index in [-0.39, 0.29) is 11.5 Å². The molecular formula is C9H8N6OS. The number of aromatic nitrogens is 4. The standard InChI is InChI=1S/C9H8N6OS/c1-11-6-3-4-5(7(16)15-9(10)14-4)17-8(3)13-2-12-6/h2H,1H3,(H,11,12,13)(H3,10,14,15,16). The van der Waals surface area contributed by atoms with Crippen molar-refractivity contribution in [2.75, 3.05) is 18.1 Å². The Morgan fingerprint density at radius 1 is 1.47 bits per heavy atom. The predicted octanol–water partition coefficient (Wildman–Crippen LogP) is 0.552. The van der Waals surface area contributed by atoms with E-state index in [0.29, 0.717) is 20.9 Å². The molecule has 0 fully saturated rings. The number of nitrogen functional groups attached to an aromatic ring is 1. The Labute approximate surface area is 98.7 Å². The highest BCUT2D eigenvalue weighted by Gasteiger charge is 2.14. The largest absolute Gasteiger partial charge is 0.372 e. The highest BCUT2D eigenvalue weighted by molar-refractivity contribution is 7.25. The summed E-state index contributed by atoms with van der Waals surface area (Å²) >= 11 is 1.27. The van der Waals surface area contributed by atoms with Crippen molar-refractivity contribution in [1.29, 1.82) is 0 Å². The third-order valence-corrected chi connectivity index (χ3v) is 3.47. The van der Waals surface area contributed by atoms with Crippen molar-refractivity contribution < 1.29 is 0 Å². The van der Waals surface area contributed by atoms with Crippen LogP contribution in [0.3, 0.4) is 0 Å². The molecule has 0 amide bonds. The molecule has 17 heavy (non-hydrogen) atoms. The number of hydrogen-bond donors (Lipinski definition) is 3. The Bertz CT molecular complexity index is 776. The lowest BCUT2D eigenvalue weighted by molar-refractivity contribution is 1.19. The van der Waals surface area contributed by atoms with E-state index in [4.69, 9.17) is 5.73 Å². The normalized spacial score (nSPS) is 11.1. The Kier molecular flexibility index (Phi) is 1.99. The smallest absolute Gasteiger partial charge is 0.270 e. The van der Waals surface area contributed by atoms with Crippen LogP contribution < -0.4 is 16.6 Å². The number of nitrogens with zero attached hydrogens (tertiary/aromatic N) is 3. The number of nitrogens with one attached hydrogen (secondary N) is 2. The molecule has 0 saturated carbocycles. The maximum atomic E-state index is 11.7. The number of nitrogens with two attached hydrogens (primary N) is 1. The van der Waals surface area contributed by atoms with Crippen LogP contribution in [-0.4, -0.2) is 27.0 Å². The molecule has 3 aromatic heterocycles. The van der Waals surface area contributed by atoms with Gasteiger partial charge in [-0.2, -0.15) is 0 Å². The van der Waals surface area contributed by atoms with E-state index < -0.39 is 0 Å². The second-order valence-corrected chi connectivity index (χ2v) is 4.38. The zero-order valence-electron chi connectivity index (χ0n) is 8.81. The number of rotatable bonds is 1. The molecule has 0 aliphatic carbocycles. The van der Waals surface area contributed by atoms with Crippen LogP contribution in [0, 0.1) is 0 Å². The molecule has 0 saturated heterocycles. The number of fused-ring (bicyclic) bond motifs is 3. The number of aromatic amines is 1. The van der Waals surface area contributed by atoms with E-state index in [1.54, 1.807) is 7.05 Å². The highest BCUT2D eigenvalue weighted by atomic mass is 32.1. The van der Waals surface area contributed by atoms with Crippen LogP contribution in [0.1, 0.15) is 0 Å². The van der Waals surface area contributed by atoms with Crippen LogP contribution in [0.2, 0.25) is 0 Å². The van der Waals surface area contributed by atoms with Gasteiger partial charge in [0, 0.05) is 7.05 Å². The summed E-state index contributed by atoms with van der Waals surface area (Å²) in [6, 6.07) is 0. The molecule has 0 radical (unpaired) electrons. The first kappa shape index (κ1) is 9.97. The van der Waals surface area contributed by atoms with Crippen molar-refractivity contribution in [3.05, 3.63) is 16.7 Å². The molecule has 4 N–H and O–H groups in total. The minimum absolute atomic E-state index is 0.0908. The van der Waals surface area contributed by atoms with Crippen LogP contribution in [0.15, 0.2) is 11.1 Å². The summed E-state index contributed by atoms with van der Waals surface area (Å²) in [6.45, 7) is 0. The van der Waals surface area contributed by atoms with E-state index in [1.807, 2.05) is 0 Å². The van der Waals surface area contributed by atoms with Gasteiger partial charge in [-0.25, -0.2) is 15.0 Å². The average molecular weight is 248 g/mol. The lowest BCUT2D eigenvalue weighted by Gasteiger charge is -1.99. The van der Waals surface area contributed by atoms with Gasteiger partial charge in [-0.15, -0.1) is 11.3 Å². The van der Waals surface area contributed by atoms with E-state index in [9.17, 15) is 4.79 Å². The van der Waals surface area contributed by atoms with Crippen LogP contribution in [0.25, 0.3) is 20.4 Å². The van der Waals surface area contributed by atoms with Crippen molar-refractivity contribution in [2.24, 2.45) is 0 Å². The zero-order chi connectivity index (χ0) is 12.0. The fraction of sp³-hybridized carbons (Fsp3) is 0.111. The number of H-pyrrole nitrogens is 1. The minimum atomic E-state index is -0.252. The summed E-state index contributed by atoms with van der Waals surface area (Å²) < 4.78 is 0.506. The first-order valence-electron chi connectivity index (χ1n) is 4.81. The first-order valence-corrected chi connectivity index (χ1v) is 5.63. The van der Waals surface area contributed by atoms with Crippen LogP contribution in [0.4, 0.5) is 11.8 Å². The lowest BCUT2D eigenvalue weighted by Crippen LogP contribution is -2.09. The quantitative estimate of drug-likeness (QED) is 0.580. The van der Waals surface area contributed by atoms with Crippen molar-refractivity contribution in [3.8, 4) is 0 Å². The van der Waals surface area contributed by atoms with E-state index in [0.717, 1.165) is 5.39 Å². The molecule has 3 aromatic rings. The third kappa shape index (κ3) is 1.34. The van der Waals surface area contributed by atoms with Gasteiger partial charge >= 0.3 is 0 Å². The summed E-state index contributed by atoms with van der Waals surface area (Å²) in [5.41, 5.74) is 5.83. The van der Waals surface area contributed by atoms with Gasteiger partial charge in [-0.1, -0.05) is 0 Å². The Morgan fingerprint density at radius 3 is 3.06 bits per heavy atom. The van der Waals surface area contributed by atoms with Gasteiger partial charge < -0.3 is 11.1 Å². The SMILES string of the molecule is CNc1ncnc2sc3c(=O)[nH]c(N)nc3c12. The van der Waals surface area contributed by atoms with E-state index in [1.165, 1.54) is 17.7 Å². The van der Waals surface area contributed by atoms with Crippen LogP contribution in [0.5, 0.6) is 0 Å². The molecule has 0 aliphatic rings. The second kappa shape index (κ2) is 3.39. The van der Waals surface area contributed by atoms with Crippen molar-refractivity contribution >= 4 is 43.5 Å². The van der Waals surface area contributed by atoms with Gasteiger partial charge in [0.1, 0.15) is 27.2 Å². The van der Waals surface area contributed by atoms with Crippen molar-refractivity contribution in [3.63, 3.8) is 0 Å². The van der Waals surface area contributed by atoms with Gasteiger partial charge in [-0.3, -0.25) is 9.78 Å². The molecule has 3 rings (SSSR count). The van der Waals surface area contributed by atoms with Crippen molar-refractivity contribution in [1.82, 2.24) is 19.9 Å². The predicted molar refractivity (Wildman–Crippen MR) is 67.3 cm³/mol. The number of hydrogen-bond acceptors (Lipinski definition) is 7. The van der Waals surface area contributed by atoms with Crippen LogP contribution >= 0.6 is 11.3 Å². The minimum Gasteiger partial charge on any atom is -0.372 e. The summed E-state index contributed by atoms with van der Waals surface area (Å²) in [5, 5.41) is 3.68. The third-order valence-electron chi connectivity index (χ3n) is 2.38. The molecular weight excluding hydrogens is 240 g/mol. The molecule has 0 spiro atoms. The lowest BCUT2D eigenvalue weighted by atomic mass is 10.3. The molecule has 8 heteroatoms. The Hall–Kier alpha value is -2.22. The number of thiophene rings is 1. The molecule has 0 aromatic carbocycles. The summed E-state index contributed by atoms with van der Waals surface area (Å²) in [5.74, 6) is 0.729. The summed E-state index contributed by atoms with van der Waals surface area (Å²) in [6.07, 6.45) is 1.45. The molecule has 0 aliphatic heterocycles. The van der Waals surface area contributed by atoms with Gasteiger partial charge in [-0.05, 0) is 0 Å². The zero-order valence-corrected chi connectivity index (χ0v) is 9.63. The molecule has 0 bridgehead atoms.